The summed E-state index contributed by atoms with van der Waals surface area (Å²) < 4.78 is 1.14. The third kappa shape index (κ3) is 3.53. The molecule has 0 spiro atoms. The summed E-state index contributed by atoms with van der Waals surface area (Å²) in [7, 11) is 0. The van der Waals surface area contributed by atoms with Crippen molar-refractivity contribution in [2.75, 3.05) is 13.1 Å². The van der Waals surface area contributed by atoms with Crippen LogP contribution in [0.5, 0.6) is 0 Å². The van der Waals surface area contributed by atoms with E-state index in [1.165, 1.54) is 22.3 Å². The third-order valence-electron chi connectivity index (χ3n) is 4.05. The van der Waals surface area contributed by atoms with Gasteiger partial charge in [-0.1, -0.05) is 6.07 Å². The summed E-state index contributed by atoms with van der Waals surface area (Å²) >= 11 is 1.50. The van der Waals surface area contributed by atoms with E-state index in [0.717, 1.165) is 9.56 Å². The predicted octanol–water partition coefficient (Wildman–Crippen LogP) is 1.29. The molecule has 2 aromatic heterocycles. The number of piperidine rings is 1. The monoisotopic (exact) mass is 347 g/mol. The molecule has 0 aromatic carbocycles. The molecule has 1 amide bonds. The molecule has 0 bridgehead atoms. The SMILES string of the molecule is O=C(O)[C@@H]1CCCN(C(=O)Cn2nc(-c3cccs3)ccc2=O)C1. The first-order chi connectivity index (χ1) is 11.5. The Labute approximate surface area is 142 Å². The fourth-order valence-corrected chi connectivity index (χ4v) is 3.44. The molecule has 8 heteroatoms. The maximum atomic E-state index is 12.4. The molecule has 7 nitrogen and oxygen atoms in total. The molecule has 3 rings (SSSR count). The van der Waals surface area contributed by atoms with E-state index in [-0.39, 0.29) is 24.6 Å². The van der Waals surface area contributed by atoms with E-state index in [1.807, 2.05) is 17.5 Å². The number of nitrogens with zero attached hydrogens (tertiary/aromatic N) is 3. The van der Waals surface area contributed by atoms with Crippen LogP contribution in [0.2, 0.25) is 0 Å². The van der Waals surface area contributed by atoms with Crippen LogP contribution in [-0.4, -0.2) is 44.8 Å². The minimum absolute atomic E-state index is 0.176. The molecule has 1 aliphatic heterocycles. The normalized spacial score (nSPS) is 17.7. The molecule has 2 aromatic rings. The van der Waals surface area contributed by atoms with Crippen LogP contribution < -0.4 is 5.56 Å². The van der Waals surface area contributed by atoms with Crippen LogP contribution in [0.1, 0.15) is 12.8 Å². The highest BCUT2D eigenvalue weighted by Crippen LogP contribution is 2.21. The highest BCUT2D eigenvalue weighted by Gasteiger charge is 2.28. The van der Waals surface area contributed by atoms with Gasteiger partial charge in [0.1, 0.15) is 12.2 Å². The zero-order valence-corrected chi connectivity index (χ0v) is 13.7. The highest BCUT2D eigenvalue weighted by atomic mass is 32.1. The lowest BCUT2D eigenvalue weighted by atomic mass is 9.98. The van der Waals surface area contributed by atoms with Crippen molar-refractivity contribution in [2.45, 2.75) is 19.4 Å². The van der Waals surface area contributed by atoms with Crippen LogP contribution in [-0.2, 0) is 16.1 Å². The molecule has 0 radical (unpaired) electrons. The summed E-state index contributed by atoms with van der Waals surface area (Å²) in [4.78, 5) is 37.9. The standard InChI is InChI=1S/C16H17N3O4S/c20-14-6-5-12(13-4-2-8-24-13)17-19(14)10-15(21)18-7-1-3-11(9-18)16(22)23/h2,4-6,8,11H,1,3,7,9-10H2,(H,22,23)/t11-/m1/s1. The average Bonchev–Trinajstić information content (AvgIpc) is 3.11. The van der Waals surface area contributed by atoms with Gasteiger partial charge in [0.05, 0.1) is 10.8 Å². The largest absolute Gasteiger partial charge is 0.481 e. The summed E-state index contributed by atoms with van der Waals surface area (Å²) in [5, 5.41) is 15.3. The van der Waals surface area contributed by atoms with Gasteiger partial charge in [-0.15, -0.1) is 11.3 Å². The molecule has 0 aliphatic carbocycles. The Bertz CT molecular complexity index is 800. The van der Waals surface area contributed by atoms with E-state index in [1.54, 1.807) is 6.07 Å². The number of carboxylic acid groups (broad SMARTS) is 1. The summed E-state index contributed by atoms with van der Waals surface area (Å²) in [5.41, 5.74) is 0.287. The molecule has 1 fully saturated rings. The van der Waals surface area contributed by atoms with Crippen molar-refractivity contribution in [1.82, 2.24) is 14.7 Å². The van der Waals surface area contributed by atoms with Crippen molar-refractivity contribution < 1.29 is 14.7 Å². The number of aliphatic carboxylic acids is 1. The van der Waals surface area contributed by atoms with Crippen molar-refractivity contribution in [3.63, 3.8) is 0 Å². The lowest BCUT2D eigenvalue weighted by molar-refractivity contribution is -0.145. The van der Waals surface area contributed by atoms with Crippen LogP contribution in [0.15, 0.2) is 34.4 Å². The topological polar surface area (TPSA) is 92.5 Å². The van der Waals surface area contributed by atoms with E-state index in [4.69, 9.17) is 5.11 Å². The van der Waals surface area contributed by atoms with Gasteiger partial charge in [0.15, 0.2) is 0 Å². The van der Waals surface area contributed by atoms with Gasteiger partial charge in [0, 0.05) is 19.2 Å². The number of hydrogen-bond acceptors (Lipinski definition) is 5. The van der Waals surface area contributed by atoms with Crippen LogP contribution in [0.25, 0.3) is 10.6 Å². The maximum Gasteiger partial charge on any atom is 0.308 e. The van der Waals surface area contributed by atoms with Crippen LogP contribution in [0.4, 0.5) is 0 Å². The first-order valence-corrected chi connectivity index (χ1v) is 8.55. The van der Waals surface area contributed by atoms with Crippen LogP contribution >= 0.6 is 11.3 Å². The number of hydrogen-bond donors (Lipinski definition) is 1. The lowest BCUT2D eigenvalue weighted by Crippen LogP contribution is -2.44. The minimum atomic E-state index is -0.887. The van der Waals surface area contributed by atoms with Gasteiger partial charge in [-0.05, 0) is 30.4 Å². The Balaban J connectivity index is 1.75. The summed E-state index contributed by atoms with van der Waals surface area (Å²) in [5.74, 6) is -1.70. The zero-order chi connectivity index (χ0) is 17.1. The van der Waals surface area contributed by atoms with Gasteiger partial charge in [-0.3, -0.25) is 14.4 Å². The van der Waals surface area contributed by atoms with Crippen LogP contribution in [0.3, 0.4) is 0 Å². The molecule has 1 aliphatic rings. The lowest BCUT2D eigenvalue weighted by Gasteiger charge is -2.30. The number of rotatable bonds is 4. The van der Waals surface area contributed by atoms with Gasteiger partial charge >= 0.3 is 5.97 Å². The smallest absolute Gasteiger partial charge is 0.308 e. The first-order valence-electron chi connectivity index (χ1n) is 7.67. The molecule has 126 valence electrons. The van der Waals surface area contributed by atoms with E-state index >= 15 is 0 Å². The molecule has 3 heterocycles. The van der Waals surface area contributed by atoms with Gasteiger partial charge in [-0.2, -0.15) is 5.10 Å². The van der Waals surface area contributed by atoms with Gasteiger partial charge in [-0.25, -0.2) is 4.68 Å². The molecule has 0 saturated carbocycles. The van der Waals surface area contributed by atoms with Gasteiger partial charge < -0.3 is 10.0 Å². The number of amides is 1. The predicted molar refractivity (Wildman–Crippen MR) is 88.7 cm³/mol. The number of likely N-dealkylation sites (tertiary alicyclic amines) is 1. The van der Waals surface area contributed by atoms with Crippen LogP contribution in [0, 0.1) is 5.92 Å². The number of thiophene rings is 1. The van der Waals surface area contributed by atoms with Gasteiger partial charge in [0.2, 0.25) is 5.91 Å². The van der Waals surface area contributed by atoms with Crippen molar-refractivity contribution in [2.24, 2.45) is 5.92 Å². The highest BCUT2D eigenvalue weighted by molar-refractivity contribution is 7.13. The van der Waals surface area contributed by atoms with Crippen molar-refractivity contribution in [3.8, 4) is 10.6 Å². The number of carboxylic acids is 1. The van der Waals surface area contributed by atoms with Crippen molar-refractivity contribution >= 4 is 23.2 Å². The molecule has 1 saturated heterocycles. The van der Waals surface area contributed by atoms with E-state index < -0.39 is 11.9 Å². The van der Waals surface area contributed by atoms with Crippen molar-refractivity contribution in [1.29, 1.82) is 0 Å². The Morgan fingerprint density at radius 3 is 2.88 bits per heavy atom. The quantitative estimate of drug-likeness (QED) is 0.900. The molecule has 24 heavy (non-hydrogen) atoms. The number of aromatic nitrogens is 2. The Kier molecular flexibility index (Phi) is 4.75. The molecule has 0 unspecified atom stereocenters. The van der Waals surface area contributed by atoms with E-state index in [0.29, 0.717) is 25.1 Å². The molecule has 1 atom stereocenters. The Morgan fingerprint density at radius 2 is 2.17 bits per heavy atom. The van der Waals surface area contributed by atoms with E-state index in [2.05, 4.69) is 5.10 Å². The second kappa shape index (κ2) is 6.96. The molecular weight excluding hydrogens is 330 g/mol. The number of carbonyl (C=O) groups excluding carboxylic acids is 1. The molecular formula is C16H17N3O4S. The fraction of sp³-hybridized carbons (Fsp3) is 0.375. The summed E-state index contributed by atoms with van der Waals surface area (Å²) in [6, 6.07) is 6.82. The van der Waals surface area contributed by atoms with E-state index in [9.17, 15) is 14.4 Å². The second-order valence-electron chi connectivity index (χ2n) is 5.71. The second-order valence-corrected chi connectivity index (χ2v) is 6.66. The molecule has 1 N–H and O–H groups in total. The Morgan fingerprint density at radius 1 is 1.33 bits per heavy atom. The van der Waals surface area contributed by atoms with Crippen molar-refractivity contribution in [3.05, 3.63) is 40.0 Å². The number of carbonyl (C=O) groups is 2. The maximum absolute atomic E-state index is 12.4. The first kappa shape index (κ1) is 16.4. The van der Waals surface area contributed by atoms with Gasteiger partial charge in [0.25, 0.3) is 5.56 Å². The minimum Gasteiger partial charge on any atom is -0.481 e. The zero-order valence-electron chi connectivity index (χ0n) is 12.9. The summed E-state index contributed by atoms with van der Waals surface area (Å²) in [6.07, 6.45) is 1.23. The Hall–Kier alpha value is -2.48. The fourth-order valence-electron chi connectivity index (χ4n) is 2.75. The summed E-state index contributed by atoms with van der Waals surface area (Å²) in [6.45, 7) is 0.528. The average molecular weight is 347 g/mol. The third-order valence-corrected chi connectivity index (χ3v) is 4.94.